The number of hydrogen-bond acceptors (Lipinski definition) is 4. The topological polar surface area (TPSA) is 75.2 Å². The highest BCUT2D eigenvalue weighted by Gasteiger charge is 2.13. The van der Waals surface area contributed by atoms with E-state index in [1.54, 1.807) is 24.3 Å². The molecule has 3 aromatic rings. The maximum atomic E-state index is 12.1. The van der Waals surface area contributed by atoms with Gasteiger partial charge in [-0.25, -0.2) is 4.98 Å². The van der Waals surface area contributed by atoms with Crippen LogP contribution in [0.5, 0.6) is 11.5 Å². The van der Waals surface area contributed by atoms with E-state index in [1.165, 1.54) is 6.07 Å². The predicted octanol–water partition coefficient (Wildman–Crippen LogP) is 3.35. The molecule has 0 bridgehead atoms. The van der Waals surface area contributed by atoms with E-state index < -0.39 is 0 Å². The zero-order valence-electron chi connectivity index (χ0n) is 11.8. The van der Waals surface area contributed by atoms with Crippen molar-refractivity contribution in [1.29, 1.82) is 0 Å². The predicted molar refractivity (Wildman–Crippen MR) is 85.6 cm³/mol. The zero-order valence-corrected chi connectivity index (χ0v) is 12.5. The molecule has 0 aliphatic rings. The summed E-state index contributed by atoms with van der Waals surface area (Å²) in [7, 11) is 0. The van der Waals surface area contributed by atoms with Crippen LogP contribution in [0.1, 0.15) is 6.92 Å². The van der Waals surface area contributed by atoms with Gasteiger partial charge >= 0.3 is 0 Å². The molecule has 0 unspecified atom stereocenters. The highest BCUT2D eigenvalue weighted by molar-refractivity contribution is 6.33. The second-order valence-electron chi connectivity index (χ2n) is 4.66. The van der Waals surface area contributed by atoms with Crippen LogP contribution >= 0.6 is 11.6 Å². The lowest BCUT2D eigenvalue weighted by Gasteiger charge is -2.10. The SMILES string of the molecule is CCOc1cc(-c2nc3ccccc3c(=O)[nH]2)c(Cl)cc1O. The van der Waals surface area contributed by atoms with Crippen LogP contribution < -0.4 is 10.3 Å². The maximum Gasteiger partial charge on any atom is 0.259 e. The number of fused-ring (bicyclic) bond motifs is 1. The number of hydrogen-bond donors (Lipinski definition) is 2. The van der Waals surface area contributed by atoms with E-state index in [0.29, 0.717) is 28.9 Å². The zero-order chi connectivity index (χ0) is 15.7. The molecule has 2 aromatic carbocycles. The molecule has 0 amide bonds. The molecule has 1 heterocycles. The molecule has 6 heteroatoms. The van der Waals surface area contributed by atoms with Crippen LogP contribution in [0, 0.1) is 0 Å². The second kappa shape index (κ2) is 5.69. The van der Waals surface area contributed by atoms with E-state index in [0.717, 1.165) is 0 Å². The van der Waals surface area contributed by atoms with Gasteiger partial charge in [0, 0.05) is 11.6 Å². The molecule has 2 N–H and O–H groups in total. The first-order chi connectivity index (χ1) is 10.6. The van der Waals surface area contributed by atoms with E-state index in [9.17, 15) is 9.90 Å². The summed E-state index contributed by atoms with van der Waals surface area (Å²) >= 11 is 6.16. The van der Waals surface area contributed by atoms with Crippen LogP contribution in [0.4, 0.5) is 0 Å². The van der Waals surface area contributed by atoms with Gasteiger partial charge in [-0.3, -0.25) is 4.79 Å². The second-order valence-corrected chi connectivity index (χ2v) is 5.07. The first-order valence-corrected chi connectivity index (χ1v) is 7.12. The van der Waals surface area contributed by atoms with Gasteiger partial charge in [0.2, 0.25) is 0 Å². The third-order valence-electron chi connectivity index (χ3n) is 3.22. The number of ether oxygens (including phenoxy) is 1. The molecule has 3 rings (SSSR count). The minimum Gasteiger partial charge on any atom is -0.504 e. The van der Waals surface area contributed by atoms with Crippen molar-refractivity contribution < 1.29 is 9.84 Å². The Morgan fingerprint density at radius 2 is 2.09 bits per heavy atom. The average molecular weight is 317 g/mol. The summed E-state index contributed by atoms with van der Waals surface area (Å²) in [4.78, 5) is 19.3. The Kier molecular flexibility index (Phi) is 3.73. The third-order valence-corrected chi connectivity index (χ3v) is 3.53. The van der Waals surface area contributed by atoms with Crippen molar-refractivity contribution in [2.24, 2.45) is 0 Å². The number of nitrogens with one attached hydrogen (secondary N) is 1. The fourth-order valence-corrected chi connectivity index (χ4v) is 2.46. The summed E-state index contributed by atoms with van der Waals surface area (Å²) in [6.07, 6.45) is 0. The number of phenols is 1. The molecule has 0 fully saturated rings. The van der Waals surface area contributed by atoms with Crippen LogP contribution in [0.25, 0.3) is 22.3 Å². The molecule has 0 spiro atoms. The van der Waals surface area contributed by atoms with Gasteiger partial charge < -0.3 is 14.8 Å². The fraction of sp³-hybridized carbons (Fsp3) is 0.125. The van der Waals surface area contributed by atoms with Gasteiger partial charge in [0.1, 0.15) is 5.82 Å². The molecule has 1 aromatic heterocycles. The normalized spacial score (nSPS) is 10.8. The first kappa shape index (κ1) is 14.4. The molecule has 0 atom stereocenters. The van der Waals surface area contributed by atoms with Crippen LogP contribution in [0.2, 0.25) is 5.02 Å². The number of phenolic OH excluding ortho intramolecular Hbond substituents is 1. The summed E-state index contributed by atoms with van der Waals surface area (Å²) < 4.78 is 5.34. The van der Waals surface area contributed by atoms with E-state index in [1.807, 2.05) is 13.0 Å². The highest BCUT2D eigenvalue weighted by Crippen LogP contribution is 2.36. The van der Waals surface area contributed by atoms with Crippen molar-refractivity contribution in [1.82, 2.24) is 9.97 Å². The lowest BCUT2D eigenvalue weighted by molar-refractivity contribution is 0.318. The lowest BCUT2D eigenvalue weighted by atomic mass is 10.1. The Labute approximate surface area is 131 Å². The molecule has 0 saturated carbocycles. The number of aromatic nitrogens is 2. The summed E-state index contributed by atoms with van der Waals surface area (Å²) in [5.74, 6) is 0.561. The Hall–Kier alpha value is -2.53. The number of benzene rings is 2. The van der Waals surface area contributed by atoms with Crippen LogP contribution in [-0.4, -0.2) is 21.7 Å². The van der Waals surface area contributed by atoms with E-state index >= 15 is 0 Å². The number of nitrogens with zero attached hydrogens (tertiary/aromatic N) is 1. The average Bonchev–Trinajstić information content (AvgIpc) is 2.50. The van der Waals surface area contributed by atoms with E-state index in [-0.39, 0.29) is 22.1 Å². The van der Waals surface area contributed by atoms with E-state index in [4.69, 9.17) is 16.3 Å². The number of para-hydroxylation sites is 1. The van der Waals surface area contributed by atoms with Crippen molar-refractivity contribution in [3.05, 3.63) is 51.8 Å². The quantitative estimate of drug-likeness (QED) is 0.777. The van der Waals surface area contributed by atoms with Gasteiger partial charge in [-0.05, 0) is 25.1 Å². The minimum absolute atomic E-state index is 0.0567. The van der Waals surface area contributed by atoms with Crippen LogP contribution in [0.15, 0.2) is 41.2 Å². The Balaban J connectivity index is 2.23. The van der Waals surface area contributed by atoms with E-state index in [2.05, 4.69) is 9.97 Å². The molecule has 0 aliphatic heterocycles. The Bertz CT molecular complexity index is 906. The largest absolute Gasteiger partial charge is 0.504 e. The Morgan fingerprint density at radius 1 is 1.32 bits per heavy atom. The van der Waals surface area contributed by atoms with Crippen molar-refractivity contribution in [3.63, 3.8) is 0 Å². The van der Waals surface area contributed by atoms with Crippen molar-refractivity contribution >= 4 is 22.5 Å². The number of aromatic hydroxyl groups is 1. The lowest BCUT2D eigenvalue weighted by Crippen LogP contribution is -2.09. The van der Waals surface area contributed by atoms with Gasteiger partial charge in [0.15, 0.2) is 11.5 Å². The molecule has 5 nitrogen and oxygen atoms in total. The van der Waals surface area contributed by atoms with Gasteiger partial charge in [-0.1, -0.05) is 23.7 Å². The van der Waals surface area contributed by atoms with Crippen LogP contribution in [-0.2, 0) is 0 Å². The van der Waals surface area contributed by atoms with Gasteiger partial charge in [-0.2, -0.15) is 0 Å². The Morgan fingerprint density at radius 3 is 2.86 bits per heavy atom. The molecule has 112 valence electrons. The highest BCUT2D eigenvalue weighted by atomic mass is 35.5. The van der Waals surface area contributed by atoms with Crippen molar-refractivity contribution in [2.75, 3.05) is 6.61 Å². The molecule has 0 aliphatic carbocycles. The molecule has 22 heavy (non-hydrogen) atoms. The standard InChI is InChI=1S/C16H13ClN2O3/c1-2-22-14-7-10(11(17)8-13(14)20)15-18-12-6-4-3-5-9(12)16(21)19-15/h3-8,20H,2H2,1H3,(H,18,19,21). The van der Waals surface area contributed by atoms with Gasteiger partial charge in [0.25, 0.3) is 5.56 Å². The molecular weight excluding hydrogens is 304 g/mol. The van der Waals surface area contributed by atoms with Gasteiger partial charge in [0.05, 0.1) is 22.5 Å². The number of H-pyrrole nitrogens is 1. The number of halogens is 1. The fourth-order valence-electron chi connectivity index (χ4n) is 2.21. The molecular formula is C16H13ClN2O3. The smallest absolute Gasteiger partial charge is 0.259 e. The van der Waals surface area contributed by atoms with Crippen LogP contribution in [0.3, 0.4) is 0 Å². The minimum atomic E-state index is -0.247. The maximum absolute atomic E-state index is 12.1. The van der Waals surface area contributed by atoms with Gasteiger partial charge in [-0.15, -0.1) is 0 Å². The first-order valence-electron chi connectivity index (χ1n) is 6.75. The number of aromatic amines is 1. The summed E-state index contributed by atoms with van der Waals surface area (Å²) in [6, 6.07) is 9.98. The monoisotopic (exact) mass is 316 g/mol. The summed E-state index contributed by atoms with van der Waals surface area (Å²) in [5, 5.41) is 10.6. The van der Waals surface area contributed by atoms with Crippen molar-refractivity contribution in [2.45, 2.75) is 6.92 Å². The number of rotatable bonds is 3. The molecule has 0 saturated heterocycles. The molecule has 0 radical (unpaired) electrons. The summed E-state index contributed by atoms with van der Waals surface area (Å²) in [6.45, 7) is 2.21. The third kappa shape index (κ3) is 2.51. The van der Waals surface area contributed by atoms with Crippen molar-refractivity contribution in [3.8, 4) is 22.9 Å². The summed E-state index contributed by atoms with van der Waals surface area (Å²) in [5.41, 5.74) is 0.817.